The second-order valence-electron chi connectivity index (χ2n) is 9.10. The van der Waals surface area contributed by atoms with Crippen molar-refractivity contribution in [1.82, 2.24) is 5.32 Å². The minimum Gasteiger partial charge on any atom is -0.462 e. The van der Waals surface area contributed by atoms with Gasteiger partial charge in [-0.05, 0) is 92.7 Å². The zero-order chi connectivity index (χ0) is 23.6. The molecule has 1 aliphatic carbocycles. The third-order valence-corrected chi connectivity index (χ3v) is 7.01. The largest absolute Gasteiger partial charge is 0.462 e. The summed E-state index contributed by atoms with van der Waals surface area (Å²) in [7, 11) is 0. The zero-order valence-electron chi connectivity index (χ0n) is 20.2. The number of carbonyl (C=O) groups excluding carboxylic acids is 2. The van der Waals surface area contributed by atoms with Crippen molar-refractivity contribution in [3.63, 3.8) is 0 Å². The predicted octanol–water partition coefficient (Wildman–Crippen LogP) is 6.34. The van der Waals surface area contributed by atoms with Crippen LogP contribution >= 0.6 is 11.8 Å². The quantitative estimate of drug-likeness (QED) is 0.414. The van der Waals surface area contributed by atoms with Crippen LogP contribution in [-0.4, -0.2) is 36.0 Å². The molecule has 3 rings (SSSR count). The van der Waals surface area contributed by atoms with Gasteiger partial charge in [0.2, 0.25) is 0 Å². The first kappa shape index (κ1) is 25.4. The molecule has 0 saturated heterocycles. The summed E-state index contributed by atoms with van der Waals surface area (Å²) in [6.45, 7) is 4.11. The molecule has 0 radical (unpaired) electrons. The number of amides is 1. The summed E-state index contributed by atoms with van der Waals surface area (Å²) in [6, 6.07) is 14.2. The Hall–Kier alpha value is -2.27. The van der Waals surface area contributed by atoms with E-state index < -0.39 is 0 Å². The van der Waals surface area contributed by atoms with Crippen molar-refractivity contribution in [2.45, 2.75) is 77.4 Å². The first-order valence-corrected chi connectivity index (χ1v) is 13.6. The molecular weight excluding hydrogens is 430 g/mol. The van der Waals surface area contributed by atoms with Crippen molar-refractivity contribution in [1.29, 1.82) is 0 Å². The highest BCUT2D eigenvalue weighted by molar-refractivity contribution is 7.98. The van der Waals surface area contributed by atoms with E-state index in [1.807, 2.05) is 31.2 Å². The molecule has 1 amide bonds. The maximum absolute atomic E-state index is 13.1. The van der Waals surface area contributed by atoms with Gasteiger partial charge in [-0.2, -0.15) is 11.8 Å². The lowest BCUT2D eigenvalue weighted by atomic mass is 9.92. The second kappa shape index (κ2) is 12.8. The van der Waals surface area contributed by atoms with E-state index >= 15 is 0 Å². The van der Waals surface area contributed by atoms with E-state index in [-0.39, 0.29) is 24.0 Å². The van der Waals surface area contributed by atoms with Gasteiger partial charge in [0.15, 0.2) is 0 Å². The van der Waals surface area contributed by atoms with Crippen LogP contribution in [0.1, 0.15) is 73.4 Å². The van der Waals surface area contributed by atoms with Gasteiger partial charge in [0.05, 0.1) is 0 Å². The van der Waals surface area contributed by atoms with Gasteiger partial charge in [-0.15, -0.1) is 0 Å². The molecule has 1 saturated carbocycles. The lowest BCUT2D eigenvalue weighted by molar-refractivity contribution is -0.150. The summed E-state index contributed by atoms with van der Waals surface area (Å²) in [5, 5.41) is 3.15. The third-order valence-electron chi connectivity index (χ3n) is 6.36. The Morgan fingerprint density at radius 2 is 1.85 bits per heavy atom. The Kier molecular flexibility index (Phi) is 9.86. The molecule has 2 aromatic rings. The van der Waals surface area contributed by atoms with E-state index in [1.54, 1.807) is 11.8 Å². The minimum absolute atomic E-state index is 0.0508. The number of benzene rings is 2. The summed E-state index contributed by atoms with van der Waals surface area (Å²) in [4.78, 5) is 25.5. The Balaban J connectivity index is 1.75. The van der Waals surface area contributed by atoms with Crippen LogP contribution in [0.2, 0.25) is 0 Å². The maximum Gasteiger partial charge on any atom is 0.306 e. The Morgan fingerprint density at radius 3 is 2.58 bits per heavy atom. The van der Waals surface area contributed by atoms with Gasteiger partial charge in [-0.3, -0.25) is 9.59 Å². The molecule has 178 valence electrons. The smallest absolute Gasteiger partial charge is 0.306 e. The summed E-state index contributed by atoms with van der Waals surface area (Å²) in [5.41, 5.74) is 4.80. The SMILES string of the molecule is CSCC[C@@H](C)NC(=O)c1ccc(CCC(=O)OC2CCCCC2)cc1-c1ccccc1C. The molecule has 1 atom stereocenters. The lowest BCUT2D eigenvalue weighted by Gasteiger charge is -2.21. The topological polar surface area (TPSA) is 55.4 Å². The highest BCUT2D eigenvalue weighted by Gasteiger charge is 2.19. The monoisotopic (exact) mass is 467 g/mol. The number of esters is 1. The standard InChI is InChI=1S/C28H37NO3S/c1-20-9-7-8-12-24(20)26-19-22(14-16-27(30)32-23-10-5-4-6-11-23)13-15-25(26)28(31)29-21(2)17-18-33-3/h7-9,12-13,15,19,21,23H,4-6,10-11,14,16-18H2,1-3H3,(H,29,31)/t21-/m1/s1. The number of thioether (sulfide) groups is 1. The van der Waals surface area contributed by atoms with Crippen LogP contribution in [-0.2, 0) is 16.0 Å². The zero-order valence-corrected chi connectivity index (χ0v) is 21.0. The van der Waals surface area contributed by atoms with E-state index in [0.29, 0.717) is 18.4 Å². The van der Waals surface area contributed by atoms with Crippen molar-refractivity contribution in [2.75, 3.05) is 12.0 Å². The van der Waals surface area contributed by atoms with E-state index in [9.17, 15) is 9.59 Å². The third kappa shape index (κ3) is 7.63. The molecule has 0 spiro atoms. The van der Waals surface area contributed by atoms with E-state index in [4.69, 9.17) is 4.74 Å². The van der Waals surface area contributed by atoms with Crippen molar-refractivity contribution in [3.8, 4) is 11.1 Å². The number of hydrogen-bond donors (Lipinski definition) is 1. The molecule has 5 heteroatoms. The van der Waals surface area contributed by atoms with Crippen LogP contribution in [0.25, 0.3) is 11.1 Å². The van der Waals surface area contributed by atoms with Crippen molar-refractivity contribution in [2.24, 2.45) is 0 Å². The number of aryl methyl sites for hydroxylation is 2. The van der Waals surface area contributed by atoms with Gasteiger partial charge >= 0.3 is 5.97 Å². The summed E-state index contributed by atoms with van der Waals surface area (Å²) >= 11 is 1.79. The molecule has 1 aliphatic rings. The summed E-state index contributed by atoms with van der Waals surface area (Å²) < 4.78 is 5.68. The van der Waals surface area contributed by atoms with Gasteiger partial charge in [0.1, 0.15) is 6.10 Å². The summed E-state index contributed by atoms with van der Waals surface area (Å²) in [5.74, 6) is 0.844. The number of carbonyl (C=O) groups is 2. The highest BCUT2D eigenvalue weighted by atomic mass is 32.2. The highest BCUT2D eigenvalue weighted by Crippen LogP contribution is 2.29. The van der Waals surface area contributed by atoms with Gasteiger partial charge < -0.3 is 10.1 Å². The van der Waals surface area contributed by atoms with E-state index in [2.05, 4.69) is 36.7 Å². The first-order valence-electron chi connectivity index (χ1n) is 12.2. The van der Waals surface area contributed by atoms with Crippen molar-refractivity contribution < 1.29 is 14.3 Å². The van der Waals surface area contributed by atoms with Crippen LogP contribution in [0, 0.1) is 6.92 Å². The molecule has 0 aliphatic heterocycles. The fourth-order valence-corrected chi connectivity index (χ4v) is 4.97. The molecule has 0 aromatic heterocycles. The van der Waals surface area contributed by atoms with Gasteiger partial charge in [0.25, 0.3) is 5.91 Å². The Morgan fingerprint density at radius 1 is 1.09 bits per heavy atom. The van der Waals surface area contributed by atoms with E-state index in [1.165, 1.54) is 6.42 Å². The molecule has 0 heterocycles. The Labute approximate surface area is 202 Å². The fraction of sp³-hybridized carbons (Fsp3) is 0.500. The molecule has 1 fully saturated rings. The molecular formula is C28H37NO3S. The predicted molar refractivity (Wildman–Crippen MR) is 138 cm³/mol. The molecule has 33 heavy (non-hydrogen) atoms. The second-order valence-corrected chi connectivity index (χ2v) is 10.1. The Bertz CT molecular complexity index is 936. The summed E-state index contributed by atoms with van der Waals surface area (Å²) in [6.07, 6.45) is 9.60. The van der Waals surface area contributed by atoms with Crippen LogP contribution < -0.4 is 5.32 Å². The molecule has 0 bridgehead atoms. The number of nitrogens with one attached hydrogen (secondary N) is 1. The number of ether oxygens (including phenoxy) is 1. The van der Waals surface area contributed by atoms with Crippen LogP contribution in [0.4, 0.5) is 0 Å². The average molecular weight is 468 g/mol. The number of rotatable bonds is 10. The lowest BCUT2D eigenvalue weighted by Crippen LogP contribution is -2.33. The van der Waals surface area contributed by atoms with Gasteiger partial charge in [-0.25, -0.2) is 0 Å². The first-order chi connectivity index (χ1) is 16.0. The van der Waals surface area contributed by atoms with Crippen molar-refractivity contribution in [3.05, 3.63) is 59.2 Å². The maximum atomic E-state index is 13.1. The number of hydrogen-bond acceptors (Lipinski definition) is 4. The molecule has 2 aromatic carbocycles. The van der Waals surface area contributed by atoms with Gasteiger partial charge in [0, 0.05) is 18.0 Å². The van der Waals surface area contributed by atoms with Crippen LogP contribution in [0.5, 0.6) is 0 Å². The molecule has 4 nitrogen and oxygen atoms in total. The van der Waals surface area contributed by atoms with Crippen LogP contribution in [0.3, 0.4) is 0 Å². The fourth-order valence-electron chi connectivity index (χ4n) is 4.39. The van der Waals surface area contributed by atoms with E-state index in [0.717, 1.165) is 60.1 Å². The normalized spacial score (nSPS) is 15.1. The average Bonchev–Trinajstić information content (AvgIpc) is 2.82. The molecule has 0 unspecified atom stereocenters. The minimum atomic E-state index is -0.121. The van der Waals surface area contributed by atoms with Crippen molar-refractivity contribution >= 4 is 23.6 Å². The molecule has 1 N–H and O–H groups in total. The van der Waals surface area contributed by atoms with Crippen LogP contribution in [0.15, 0.2) is 42.5 Å². The van der Waals surface area contributed by atoms with Gasteiger partial charge in [-0.1, -0.05) is 42.8 Å².